The molecule has 0 radical (unpaired) electrons. The number of phenolic OH excluding ortho intramolecular Hbond substituents is 1. The highest BCUT2D eigenvalue weighted by Crippen LogP contribution is 2.38. The van der Waals surface area contributed by atoms with E-state index in [1.54, 1.807) is 24.7 Å². The average Bonchev–Trinajstić information content (AvgIpc) is 2.87. The molecule has 3 heterocycles. The van der Waals surface area contributed by atoms with E-state index in [1.165, 1.54) is 0 Å². The summed E-state index contributed by atoms with van der Waals surface area (Å²) in [5.41, 5.74) is 4.54. The molecule has 1 aliphatic rings. The molecule has 0 aliphatic carbocycles. The third-order valence-corrected chi connectivity index (χ3v) is 4.46. The Balaban J connectivity index is 1.75. The molecule has 0 bridgehead atoms. The number of pyridine rings is 1. The molecule has 1 aromatic carbocycles. The Morgan fingerprint density at radius 1 is 1.15 bits per heavy atom. The van der Waals surface area contributed by atoms with Gasteiger partial charge in [-0.25, -0.2) is 4.98 Å². The van der Waals surface area contributed by atoms with Crippen LogP contribution in [0.25, 0.3) is 11.1 Å². The van der Waals surface area contributed by atoms with Crippen LogP contribution in [0.1, 0.15) is 17.0 Å². The zero-order valence-corrected chi connectivity index (χ0v) is 14.8. The largest absolute Gasteiger partial charge is 0.504 e. The molecule has 1 N–H and O–H groups in total. The highest BCUT2D eigenvalue weighted by Gasteiger charge is 2.22. The van der Waals surface area contributed by atoms with Gasteiger partial charge in [-0.15, -0.1) is 0 Å². The first-order chi connectivity index (χ1) is 12.6. The first-order valence-electron chi connectivity index (χ1n) is 8.56. The second-order valence-electron chi connectivity index (χ2n) is 6.42. The van der Waals surface area contributed by atoms with Gasteiger partial charge in [0.15, 0.2) is 17.3 Å². The predicted molar refractivity (Wildman–Crippen MR) is 99.4 cm³/mol. The van der Waals surface area contributed by atoms with Crippen molar-refractivity contribution in [3.8, 4) is 22.6 Å². The molecular formula is C20H20N4O2. The van der Waals surface area contributed by atoms with E-state index in [4.69, 9.17) is 4.74 Å². The van der Waals surface area contributed by atoms with E-state index in [0.717, 1.165) is 33.9 Å². The molecule has 0 spiro atoms. The van der Waals surface area contributed by atoms with E-state index >= 15 is 0 Å². The molecule has 1 aliphatic heterocycles. The molecule has 132 valence electrons. The van der Waals surface area contributed by atoms with Gasteiger partial charge in [-0.2, -0.15) is 0 Å². The van der Waals surface area contributed by atoms with Crippen molar-refractivity contribution in [2.75, 3.05) is 18.1 Å². The van der Waals surface area contributed by atoms with Gasteiger partial charge in [-0.3, -0.25) is 9.97 Å². The zero-order valence-electron chi connectivity index (χ0n) is 14.8. The molecule has 2 aromatic heterocycles. The number of phenols is 1. The van der Waals surface area contributed by atoms with Crippen LogP contribution in [0.3, 0.4) is 0 Å². The number of rotatable bonds is 2. The minimum absolute atomic E-state index is 0.148. The Kier molecular flexibility index (Phi) is 4.16. The van der Waals surface area contributed by atoms with Crippen LogP contribution in [-0.2, 0) is 6.54 Å². The molecule has 0 atom stereocenters. The van der Waals surface area contributed by atoms with Crippen molar-refractivity contribution < 1.29 is 9.84 Å². The van der Waals surface area contributed by atoms with Gasteiger partial charge in [0.05, 0.1) is 17.9 Å². The lowest BCUT2D eigenvalue weighted by Crippen LogP contribution is -2.27. The topological polar surface area (TPSA) is 71.4 Å². The smallest absolute Gasteiger partial charge is 0.166 e. The summed E-state index contributed by atoms with van der Waals surface area (Å²) < 4.78 is 5.84. The summed E-state index contributed by atoms with van der Waals surface area (Å²) in [6, 6.07) is 7.62. The van der Waals surface area contributed by atoms with E-state index in [-0.39, 0.29) is 5.75 Å². The Bertz CT molecular complexity index is 944. The van der Waals surface area contributed by atoms with Gasteiger partial charge in [0.2, 0.25) is 0 Å². The SMILES string of the molecule is Cc1cnc(C)c(N2CCOc3c(O)cc(-c4cccnc4)cc3C2)n1. The van der Waals surface area contributed by atoms with E-state index in [9.17, 15) is 5.11 Å². The number of hydrogen-bond acceptors (Lipinski definition) is 6. The van der Waals surface area contributed by atoms with E-state index in [0.29, 0.717) is 25.4 Å². The van der Waals surface area contributed by atoms with Gasteiger partial charge in [0.1, 0.15) is 6.61 Å². The summed E-state index contributed by atoms with van der Waals surface area (Å²) in [5.74, 6) is 1.54. The van der Waals surface area contributed by atoms with Crippen LogP contribution in [0.5, 0.6) is 11.5 Å². The number of fused-ring (bicyclic) bond motifs is 1. The Hall–Kier alpha value is -3.15. The summed E-state index contributed by atoms with van der Waals surface area (Å²) in [5, 5.41) is 10.5. The zero-order chi connectivity index (χ0) is 18.1. The fraction of sp³-hybridized carbons (Fsp3) is 0.250. The van der Waals surface area contributed by atoms with Gasteiger partial charge in [0.25, 0.3) is 0 Å². The number of aromatic nitrogens is 3. The second kappa shape index (κ2) is 6.63. The molecule has 0 saturated carbocycles. The van der Waals surface area contributed by atoms with Crippen molar-refractivity contribution in [1.29, 1.82) is 0 Å². The summed E-state index contributed by atoms with van der Waals surface area (Å²) in [6.45, 7) is 5.63. The van der Waals surface area contributed by atoms with Crippen LogP contribution in [0.15, 0.2) is 42.9 Å². The second-order valence-corrected chi connectivity index (χ2v) is 6.42. The first-order valence-corrected chi connectivity index (χ1v) is 8.56. The minimum atomic E-state index is 0.148. The number of benzene rings is 1. The quantitative estimate of drug-likeness (QED) is 0.766. The molecule has 0 unspecified atom stereocenters. The monoisotopic (exact) mass is 348 g/mol. The van der Waals surface area contributed by atoms with Gasteiger partial charge < -0.3 is 14.7 Å². The number of aromatic hydroxyl groups is 1. The molecule has 0 fully saturated rings. The molecule has 0 saturated heterocycles. The van der Waals surface area contributed by atoms with Gasteiger partial charge in [-0.1, -0.05) is 6.07 Å². The minimum Gasteiger partial charge on any atom is -0.504 e. The molecule has 6 nitrogen and oxygen atoms in total. The van der Waals surface area contributed by atoms with Crippen molar-refractivity contribution in [3.63, 3.8) is 0 Å². The van der Waals surface area contributed by atoms with Crippen molar-refractivity contribution in [1.82, 2.24) is 15.0 Å². The van der Waals surface area contributed by atoms with Crippen molar-refractivity contribution in [3.05, 3.63) is 59.8 Å². The fourth-order valence-electron chi connectivity index (χ4n) is 3.20. The van der Waals surface area contributed by atoms with Crippen LogP contribution in [0, 0.1) is 13.8 Å². The summed E-state index contributed by atoms with van der Waals surface area (Å²) >= 11 is 0. The number of hydrogen-bond donors (Lipinski definition) is 1. The normalized spacial score (nSPS) is 13.7. The highest BCUT2D eigenvalue weighted by molar-refractivity contribution is 5.69. The lowest BCUT2D eigenvalue weighted by atomic mass is 10.0. The van der Waals surface area contributed by atoms with Crippen LogP contribution < -0.4 is 9.64 Å². The fourth-order valence-corrected chi connectivity index (χ4v) is 3.20. The molecule has 3 aromatic rings. The van der Waals surface area contributed by atoms with Crippen molar-refractivity contribution in [2.45, 2.75) is 20.4 Å². The van der Waals surface area contributed by atoms with Gasteiger partial charge >= 0.3 is 0 Å². The van der Waals surface area contributed by atoms with Gasteiger partial charge in [-0.05, 0) is 37.6 Å². The molecule has 4 rings (SSSR count). The summed E-state index contributed by atoms with van der Waals surface area (Å²) in [4.78, 5) is 15.4. The first kappa shape index (κ1) is 16.3. The molecular weight excluding hydrogens is 328 g/mol. The highest BCUT2D eigenvalue weighted by atomic mass is 16.5. The van der Waals surface area contributed by atoms with Crippen LogP contribution in [0.4, 0.5) is 5.82 Å². The number of anilines is 1. The maximum atomic E-state index is 10.5. The van der Waals surface area contributed by atoms with E-state index in [2.05, 4.69) is 19.9 Å². The van der Waals surface area contributed by atoms with Crippen molar-refractivity contribution >= 4 is 5.82 Å². The lowest BCUT2D eigenvalue weighted by Gasteiger charge is -2.22. The van der Waals surface area contributed by atoms with Crippen LogP contribution in [0.2, 0.25) is 0 Å². The average molecular weight is 348 g/mol. The predicted octanol–water partition coefficient (Wildman–Crippen LogP) is 3.26. The standard InChI is InChI=1S/C20H20N4O2/c1-13-10-22-14(2)20(23-13)24-6-7-26-19-17(12-24)8-16(9-18(19)25)15-4-3-5-21-11-15/h3-5,8-11,25H,6-7,12H2,1-2H3. The third-order valence-electron chi connectivity index (χ3n) is 4.46. The Morgan fingerprint density at radius 3 is 2.85 bits per heavy atom. The molecule has 0 amide bonds. The maximum Gasteiger partial charge on any atom is 0.166 e. The Morgan fingerprint density at radius 2 is 2.04 bits per heavy atom. The van der Waals surface area contributed by atoms with Crippen LogP contribution in [-0.4, -0.2) is 33.2 Å². The number of ether oxygens (including phenoxy) is 1. The summed E-state index contributed by atoms with van der Waals surface area (Å²) in [7, 11) is 0. The number of aryl methyl sites for hydroxylation is 2. The third kappa shape index (κ3) is 3.06. The van der Waals surface area contributed by atoms with Crippen molar-refractivity contribution in [2.24, 2.45) is 0 Å². The summed E-state index contributed by atoms with van der Waals surface area (Å²) in [6.07, 6.45) is 5.29. The lowest BCUT2D eigenvalue weighted by molar-refractivity contribution is 0.311. The van der Waals surface area contributed by atoms with Gasteiger partial charge in [0, 0.05) is 36.3 Å². The maximum absolute atomic E-state index is 10.5. The van der Waals surface area contributed by atoms with E-state index < -0.39 is 0 Å². The van der Waals surface area contributed by atoms with E-state index in [1.807, 2.05) is 32.0 Å². The Labute approximate surface area is 152 Å². The molecule has 6 heteroatoms. The van der Waals surface area contributed by atoms with Crippen LogP contribution >= 0.6 is 0 Å². The number of nitrogens with zero attached hydrogens (tertiary/aromatic N) is 4. The molecule has 26 heavy (non-hydrogen) atoms.